The lowest BCUT2D eigenvalue weighted by atomic mass is 10.1. The molecule has 0 N–H and O–H groups in total. The van der Waals surface area contributed by atoms with Gasteiger partial charge in [0.15, 0.2) is 0 Å². The van der Waals surface area contributed by atoms with E-state index in [0.29, 0.717) is 24.4 Å². The summed E-state index contributed by atoms with van der Waals surface area (Å²) in [5.74, 6) is 0.678. The van der Waals surface area contributed by atoms with Gasteiger partial charge in [-0.15, -0.1) is 11.3 Å². The molecule has 2 aromatic carbocycles. The van der Waals surface area contributed by atoms with Gasteiger partial charge in [0.25, 0.3) is 5.56 Å². The van der Waals surface area contributed by atoms with Crippen molar-refractivity contribution in [3.8, 4) is 5.75 Å². The van der Waals surface area contributed by atoms with Gasteiger partial charge < -0.3 is 19.4 Å². The van der Waals surface area contributed by atoms with E-state index in [4.69, 9.17) is 4.74 Å². The van der Waals surface area contributed by atoms with Gasteiger partial charge in [-0.25, -0.2) is 9.36 Å². The summed E-state index contributed by atoms with van der Waals surface area (Å²) in [5, 5.41) is 4.32. The van der Waals surface area contributed by atoms with E-state index in [1.807, 2.05) is 18.2 Å². The van der Waals surface area contributed by atoms with Gasteiger partial charge in [-0.2, -0.15) is 0 Å². The van der Waals surface area contributed by atoms with Gasteiger partial charge in [-0.05, 0) is 80.0 Å². The van der Waals surface area contributed by atoms with E-state index in [9.17, 15) is 9.59 Å². The molecule has 2 heterocycles. The summed E-state index contributed by atoms with van der Waals surface area (Å²) >= 11 is 1.79. The van der Waals surface area contributed by atoms with E-state index in [0.717, 1.165) is 50.7 Å². The van der Waals surface area contributed by atoms with Crippen LogP contribution in [-0.4, -0.2) is 74.3 Å². The average molecular weight is 619 g/mol. The van der Waals surface area contributed by atoms with Gasteiger partial charge in [-0.1, -0.05) is 51.5 Å². The standard InChI is InChI=1S/C36H50N4O3S/c1-5-6-7-8-9-10-11-23-39(4)36(42)40-33-28-30(19-17-29(33)18-20-35(40)41)43-26-13-12-22-37(2)24-25-38(3)32-15-14-16-34-31(32)21-27-44-34/h14-21,27-28H,5-13,22-26H2,1-4H3. The molecule has 0 spiro atoms. The van der Waals surface area contributed by atoms with Crippen LogP contribution in [-0.2, 0) is 0 Å². The number of aromatic nitrogens is 1. The normalized spacial score (nSPS) is 11.5. The maximum Gasteiger partial charge on any atom is 0.331 e. The lowest BCUT2D eigenvalue weighted by Gasteiger charge is -2.24. The van der Waals surface area contributed by atoms with Crippen LogP contribution in [0.15, 0.2) is 64.8 Å². The predicted molar refractivity (Wildman–Crippen MR) is 187 cm³/mol. The summed E-state index contributed by atoms with van der Waals surface area (Å²) in [6.45, 7) is 6.40. The quantitative estimate of drug-likeness (QED) is 0.106. The molecule has 0 saturated carbocycles. The predicted octanol–water partition coefficient (Wildman–Crippen LogP) is 8.09. The van der Waals surface area contributed by atoms with E-state index in [-0.39, 0.29) is 11.6 Å². The second-order valence-electron chi connectivity index (χ2n) is 11.9. The van der Waals surface area contributed by atoms with Crippen LogP contribution < -0.4 is 15.2 Å². The van der Waals surface area contributed by atoms with E-state index in [2.05, 4.69) is 60.5 Å². The van der Waals surface area contributed by atoms with Crippen LogP contribution in [0, 0.1) is 0 Å². The summed E-state index contributed by atoms with van der Waals surface area (Å²) in [7, 11) is 6.12. The molecule has 8 heteroatoms. The molecule has 0 aliphatic carbocycles. The van der Waals surface area contributed by atoms with Crippen molar-refractivity contribution < 1.29 is 9.53 Å². The highest BCUT2D eigenvalue weighted by molar-refractivity contribution is 7.17. The molecule has 1 amide bonds. The van der Waals surface area contributed by atoms with Crippen molar-refractivity contribution in [3.05, 3.63) is 70.3 Å². The average Bonchev–Trinajstić information content (AvgIpc) is 3.52. The molecule has 0 fully saturated rings. The van der Waals surface area contributed by atoms with Crippen LogP contribution in [0.4, 0.5) is 10.5 Å². The van der Waals surface area contributed by atoms with E-state index in [1.165, 1.54) is 58.5 Å². The number of fused-ring (bicyclic) bond motifs is 2. The molecule has 238 valence electrons. The number of amides is 1. The molecule has 0 aliphatic rings. The van der Waals surface area contributed by atoms with Crippen molar-refractivity contribution in [2.75, 3.05) is 58.8 Å². The summed E-state index contributed by atoms with van der Waals surface area (Å²) in [4.78, 5) is 32.5. The van der Waals surface area contributed by atoms with Gasteiger partial charge in [0.1, 0.15) is 5.75 Å². The van der Waals surface area contributed by atoms with Crippen molar-refractivity contribution in [3.63, 3.8) is 0 Å². The minimum atomic E-state index is -0.313. The van der Waals surface area contributed by atoms with Crippen molar-refractivity contribution in [2.24, 2.45) is 0 Å². The number of rotatable bonds is 18. The molecule has 7 nitrogen and oxygen atoms in total. The molecule has 0 radical (unpaired) electrons. The molecule has 44 heavy (non-hydrogen) atoms. The summed E-state index contributed by atoms with van der Waals surface area (Å²) < 4.78 is 8.69. The van der Waals surface area contributed by atoms with Crippen molar-refractivity contribution in [1.82, 2.24) is 14.4 Å². The highest BCUT2D eigenvalue weighted by atomic mass is 32.1. The summed E-state index contributed by atoms with van der Waals surface area (Å²) in [6.07, 6.45) is 10.3. The zero-order valence-electron chi connectivity index (χ0n) is 27.1. The molecule has 0 bridgehead atoms. The Morgan fingerprint density at radius 3 is 2.39 bits per heavy atom. The van der Waals surface area contributed by atoms with Gasteiger partial charge in [-0.3, -0.25) is 4.79 Å². The molecule has 0 aliphatic heterocycles. The Hall–Kier alpha value is -3.36. The minimum Gasteiger partial charge on any atom is -0.494 e. The van der Waals surface area contributed by atoms with E-state index < -0.39 is 0 Å². The van der Waals surface area contributed by atoms with Crippen LogP contribution in [0.25, 0.3) is 21.0 Å². The summed E-state index contributed by atoms with van der Waals surface area (Å²) in [6, 6.07) is 17.3. The highest BCUT2D eigenvalue weighted by Crippen LogP contribution is 2.29. The second kappa shape index (κ2) is 17.2. The fourth-order valence-electron chi connectivity index (χ4n) is 5.61. The first kappa shape index (κ1) is 33.5. The summed E-state index contributed by atoms with van der Waals surface area (Å²) in [5.41, 5.74) is 1.56. The Kier molecular flexibility index (Phi) is 13.1. The lowest BCUT2D eigenvalue weighted by Crippen LogP contribution is -2.38. The number of carbonyl (C=O) groups is 1. The number of thiophene rings is 1. The lowest BCUT2D eigenvalue weighted by molar-refractivity contribution is 0.209. The van der Waals surface area contributed by atoms with Crippen LogP contribution in [0.5, 0.6) is 5.75 Å². The molecule has 0 unspecified atom stereocenters. The number of hydrogen-bond acceptors (Lipinski definition) is 6. The Balaban J connectivity index is 1.22. The Labute approximate surface area is 267 Å². The van der Waals surface area contributed by atoms with Crippen molar-refractivity contribution >= 4 is 44.0 Å². The third kappa shape index (κ3) is 9.32. The second-order valence-corrected chi connectivity index (χ2v) is 12.9. The zero-order chi connectivity index (χ0) is 31.3. The molecule has 0 atom stereocenters. The smallest absolute Gasteiger partial charge is 0.331 e. The van der Waals surface area contributed by atoms with Gasteiger partial charge in [0.05, 0.1) is 12.1 Å². The number of unbranched alkanes of at least 4 members (excludes halogenated alkanes) is 7. The first-order chi connectivity index (χ1) is 21.4. The van der Waals surface area contributed by atoms with Crippen molar-refractivity contribution in [2.45, 2.75) is 64.7 Å². The number of nitrogens with zero attached hydrogens (tertiary/aromatic N) is 4. The van der Waals surface area contributed by atoms with E-state index in [1.54, 1.807) is 29.4 Å². The number of pyridine rings is 1. The number of ether oxygens (including phenoxy) is 1. The topological polar surface area (TPSA) is 58.0 Å². The zero-order valence-corrected chi connectivity index (χ0v) is 27.9. The Bertz CT molecular complexity index is 1530. The molecule has 2 aromatic heterocycles. The van der Waals surface area contributed by atoms with Crippen LogP contribution >= 0.6 is 11.3 Å². The monoisotopic (exact) mass is 618 g/mol. The molecular weight excluding hydrogens is 568 g/mol. The van der Waals surface area contributed by atoms with E-state index >= 15 is 0 Å². The van der Waals surface area contributed by atoms with Crippen LogP contribution in [0.1, 0.15) is 64.7 Å². The molecule has 4 aromatic rings. The minimum absolute atomic E-state index is 0.288. The number of likely N-dealkylation sites (N-methyl/N-ethyl adjacent to an activating group) is 2. The SMILES string of the molecule is CCCCCCCCCN(C)C(=O)n1c(=O)ccc2ccc(OCCCCN(C)CCN(C)c3cccc4sccc34)cc21. The molecule has 4 rings (SSSR count). The molecule has 0 saturated heterocycles. The fourth-order valence-corrected chi connectivity index (χ4v) is 6.42. The number of benzene rings is 2. The first-order valence-electron chi connectivity index (χ1n) is 16.3. The largest absolute Gasteiger partial charge is 0.494 e. The Morgan fingerprint density at radius 2 is 1.57 bits per heavy atom. The van der Waals surface area contributed by atoms with Gasteiger partial charge >= 0.3 is 6.03 Å². The van der Waals surface area contributed by atoms with Gasteiger partial charge in [0, 0.05) is 61.6 Å². The third-order valence-corrected chi connectivity index (χ3v) is 9.27. The highest BCUT2D eigenvalue weighted by Gasteiger charge is 2.16. The fraction of sp³-hybridized carbons (Fsp3) is 0.500. The Morgan fingerprint density at radius 1 is 0.818 bits per heavy atom. The number of anilines is 1. The maximum atomic E-state index is 13.3. The van der Waals surface area contributed by atoms with Crippen molar-refractivity contribution in [1.29, 1.82) is 0 Å². The van der Waals surface area contributed by atoms with Crippen LogP contribution in [0.2, 0.25) is 0 Å². The number of hydrogen-bond donors (Lipinski definition) is 0. The maximum absolute atomic E-state index is 13.3. The van der Waals surface area contributed by atoms with Gasteiger partial charge in [0.2, 0.25) is 0 Å². The molecular formula is C36H50N4O3S. The van der Waals surface area contributed by atoms with Crippen LogP contribution in [0.3, 0.4) is 0 Å². The number of carbonyl (C=O) groups excluding carboxylic acids is 1. The first-order valence-corrected chi connectivity index (χ1v) is 17.2. The third-order valence-electron chi connectivity index (χ3n) is 8.39.